The van der Waals surface area contributed by atoms with Crippen LogP contribution in [0.1, 0.15) is 24.8 Å². The van der Waals surface area contributed by atoms with E-state index in [-0.39, 0.29) is 5.91 Å². The fourth-order valence-electron chi connectivity index (χ4n) is 3.78. The maximum absolute atomic E-state index is 12.4. The molecule has 0 spiro atoms. The zero-order valence-corrected chi connectivity index (χ0v) is 15.4. The molecule has 0 aliphatic carbocycles. The van der Waals surface area contributed by atoms with Crippen molar-refractivity contribution in [3.8, 4) is 0 Å². The number of amides is 1. The summed E-state index contributed by atoms with van der Waals surface area (Å²) in [4.78, 5) is 18.8. The minimum Gasteiger partial charge on any atom is -0.309 e. The second-order valence-corrected chi connectivity index (χ2v) is 7.27. The Labute approximate surface area is 159 Å². The monoisotopic (exact) mass is 363 g/mol. The average Bonchev–Trinajstić information content (AvgIpc) is 3.11. The predicted molar refractivity (Wildman–Crippen MR) is 106 cm³/mol. The number of aromatic amines is 1. The molecule has 1 saturated heterocycles. The number of hydrogen-bond acceptors (Lipinski definition) is 4. The Morgan fingerprint density at radius 1 is 1.15 bits per heavy atom. The number of carbonyl (C=O) groups is 1. The van der Waals surface area contributed by atoms with E-state index in [9.17, 15) is 4.79 Å². The lowest BCUT2D eigenvalue weighted by atomic mass is 9.90. The number of nitrogens with one attached hydrogen (secondary N) is 2. The Morgan fingerprint density at radius 3 is 2.78 bits per heavy atom. The highest BCUT2D eigenvalue weighted by molar-refractivity contribution is 5.99. The molecule has 27 heavy (non-hydrogen) atoms. The molecule has 6 heteroatoms. The van der Waals surface area contributed by atoms with Crippen LogP contribution in [-0.4, -0.2) is 45.6 Å². The van der Waals surface area contributed by atoms with Gasteiger partial charge in [0, 0.05) is 6.20 Å². The molecule has 3 heterocycles. The highest BCUT2D eigenvalue weighted by Crippen LogP contribution is 2.23. The maximum atomic E-state index is 12.4. The van der Waals surface area contributed by atoms with Crippen LogP contribution in [0.5, 0.6) is 0 Å². The molecule has 1 aromatic carbocycles. The highest BCUT2D eigenvalue weighted by Gasteiger charge is 2.21. The summed E-state index contributed by atoms with van der Waals surface area (Å²) in [6.07, 6.45) is 6.40. The molecule has 2 aromatic heterocycles. The Hall–Kier alpha value is -2.73. The summed E-state index contributed by atoms with van der Waals surface area (Å²) in [6.45, 7) is 2.39. The number of piperidine rings is 1. The number of hydrogen-bond donors (Lipinski definition) is 2. The second kappa shape index (κ2) is 8.31. The zero-order chi connectivity index (χ0) is 18.5. The van der Waals surface area contributed by atoms with Gasteiger partial charge in [-0.15, -0.1) is 0 Å². The average molecular weight is 363 g/mol. The van der Waals surface area contributed by atoms with Crippen molar-refractivity contribution in [3.05, 3.63) is 54.2 Å². The molecule has 1 amide bonds. The third kappa shape index (κ3) is 4.52. The van der Waals surface area contributed by atoms with Crippen LogP contribution < -0.4 is 5.32 Å². The van der Waals surface area contributed by atoms with Crippen LogP contribution >= 0.6 is 0 Å². The minimum atomic E-state index is -0.00728. The molecule has 0 unspecified atom stereocenters. The summed E-state index contributed by atoms with van der Waals surface area (Å²) in [7, 11) is 0. The summed E-state index contributed by atoms with van der Waals surface area (Å²) in [6, 6.07) is 14.4. The van der Waals surface area contributed by atoms with Crippen LogP contribution in [0, 0.1) is 5.92 Å². The predicted octanol–water partition coefficient (Wildman–Crippen LogP) is 3.24. The quantitative estimate of drug-likeness (QED) is 0.705. The molecular weight excluding hydrogens is 338 g/mol. The first-order chi connectivity index (χ1) is 13.3. The van der Waals surface area contributed by atoms with E-state index in [1.165, 1.54) is 12.0 Å². The Kier molecular flexibility index (Phi) is 5.44. The van der Waals surface area contributed by atoms with E-state index >= 15 is 0 Å². The van der Waals surface area contributed by atoms with Gasteiger partial charge in [-0.1, -0.05) is 30.3 Å². The van der Waals surface area contributed by atoms with Crippen molar-refractivity contribution in [1.29, 1.82) is 0 Å². The van der Waals surface area contributed by atoms with Crippen LogP contribution in [0.3, 0.4) is 0 Å². The lowest BCUT2D eigenvalue weighted by Crippen LogP contribution is -2.39. The number of likely N-dealkylation sites (tertiary alicyclic amines) is 1. The lowest BCUT2D eigenvalue weighted by Gasteiger charge is -2.31. The zero-order valence-electron chi connectivity index (χ0n) is 15.4. The largest absolute Gasteiger partial charge is 0.309 e. The van der Waals surface area contributed by atoms with Crippen LogP contribution in [0.25, 0.3) is 11.0 Å². The first-order valence-corrected chi connectivity index (χ1v) is 9.63. The van der Waals surface area contributed by atoms with Gasteiger partial charge in [-0.3, -0.25) is 14.8 Å². The summed E-state index contributed by atoms with van der Waals surface area (Å²) < 4.78 is 0. The first-order valence-electron chi connectivity index (χ1n) is 9.63. The molecule has 2 N–H and O–H groups in total. The topological polar surface area (TPSA) is 73.9 Å². The Bertz CT molecular complexity index is 884. The van der Waals surface area contributed by atoms with Crippen molar-refractivity contribution in [3.63, 3.8) is 0 Å². The van der Waals surface area contributed by atoms with Gasteiger partial charge in [-0.2, -0.15) is 5.10 Å². The van der Waals surface area contributed by atoms with E-state index in [0.29, 0.717) is 18.0 Å². The fourth-order valence-corrected chi connectivity index (χ4v) is 3.78. The van der Waals surface area contributed by atoms with Gasteiger partial charge in [-0.05, 0) is 62.4 Å². The SMILES string of the molecule is O=C(CN1CCC(CCc2ccccc2)CC1)Nc1[nH]nc2ncccc12. The summed E-state index contributed by atoms with van der Waals surface area (Å²) in [5.41, 5.74) is 2.03. The second-order valence-electron chi connectivity index (χ2n) is 7.27. The smallest absolute Gasteiger partial charge is 0.239 e. The molecule has 1 aliphatic rings. The number of H-pyrrole nitrogens is 1. The first kappa shape index (κ1) is 17.7. The van der Waals surface area contributed by atoms with Gasteiger partial charge in [0.2, 0.25) is 5.91 Å². The molecule has 3 aromatic rings. The summed E-state index contributed by atoms with van der Waals surface area (Å²) in [5, 5.41) is 10.7. The number of nitrogens with zero attached hydrogens (tertiary/aromatic N) is 3. The molecule has 0 atom stereocenters. The maximum Gasteiger partial charge on any atom is 0.239 e. The van der Waals surface area contributed by atoms with Crippen LogP contribution in [0.2, 0.25) is 0 Å². The number of anilines is 1. The molecular formula is C21H25N5O. The Morgan fingerprint density at radius 2 is 1.96 bits per heavy atom. The Balaban J connectivity index is 1.22. The normalized spacial score (nSPS) is 15.9. The third-order valence-electron chi connectivity index (χ3n) is 5.35. The van der Waals surface area contributed by atoms with Gasteiger partial charge in [0.1, 0.15) is 5.82 Å². The minimum absolute atomic E-state index is 0.00728. The standard InChI is InChI=1S/C21H25N5O/c27-19(23-21-18-7-4-12-22-20(18)24-25-21)15-26-13-10-17(11-14-26)9-8-16-5-2-1-3-6-16/h1-7,12,17H,8-11,13-15H2,(H2,22,23,24,25,27). The summed E-state index contributed by atoms with van der Waals surface area (Å²) in [5.74, 6) is 1.38. The van der Waals surface area contributed by atoms with E-state index < -0.39 is 0 Å². The van der Waals surface area contributed by atoms with Crippen molar-refractivity contribution in [1.82, 2.24) is 20.1 Å². The van der Waals surface area contributed by atoms with E-state index in [0.717, 1.165) is 43.7 Å². The third-order valence-corrected chi connectivity index (χ3v) is 5.35. The highest BCUT2D eigenvalue weighted by atomic mass is 16.2. The number of fused-ring (bicyclic) bond motifs is 1. The number of benzene rings is 1. The summed E-state index contributed by atoms with van der Waals surface area (Å²) >= 11 is 0. The molecule has 0 radical (unpaired) electrons. The van der Waals surface area contributed by atoms with Crippen molar-refractivity contribution < 1.29 is 4.79 Å². The van der Waals surface area contributed by atoms with Crippen molar-refractivity contribution in [2.24, 2.45) is 5.92 Å². The molecule has 1 fully saturated rings. The van der Waals surface area contributed by atoms with E-state index in [4.69, 9.17) is 0 Å². The van der Waals surface area contributed by atoms with E-state index in [2.05, 4.69) is 55.7 Å². The van der Waals surface area contributed by atoms with Gasteiger partial charge < -0.3 is 5.32 Å². The van der Waals surface area contributed by atoms with Crippen molar-refractivity contribution >= 4 is 22.8 Å². The molecule has 1 aliphatic heterocycles. The number of aryl methyl sites for hydroxylation is 1. The van der Waals surface area contributed by atoms with Crippen LogP contribution in [0.15, 0.2) is 48.7 Å². The molecule has 6 nitrogen and oxygen atoms in total. The lowest BCUT2D eigenvalue weighted by molar-refractivity contribution is -0.117. The van der Waals surface area contributed by atoms with Crippen LogP contribution in [0.4, 0.5) is 5.82 Å². The number of aromatic nitrogens is 3. The van der Waals surface area contributed by atoms with Gasteiger partial charge in [-0.25, -0.2) is 4.98 Å². The number of pyridine rings is 1. The van der Waals surface area contributed by atoms with Crippen molar-refractivity contribution in [2.75, 3.05) is 25.0 Å². The fraction of sp³-hybridized carbons (Fsp3) is 0.381. The number of rotatable bonds is 6. The van der Waals surface area contributed by atoms with E-state index in [1.54, 1.807) is 6.20 Å². The van der Waals surface area contributed by atoms with Gasteiger partial charge in [0.15, 0.2) is 5.65 Å². The number of carbonyl (C=O) groups excluding carboxylic acids is 1. The van der Waals surface area contributed by atoms with Gasteiger partial charge >= 0.3 is 0 Å². The molecule has 4 rings (SSSR count). The molecule has 0 bridgehead atoms. The van der Waals surface area contributed by atoms with Gasteiger partial charge in [0.25, 0.3) is 0 Å². The molecule has 0 saturated carbocycles. The van der Waals surface area contributed by atoms with Crippen molar-refractivity contribution in [2.45, 2.75) is 25.7 Å². The van der Waals surface area contributed by atoms with Crippen LogP contribution in [-0.2, 0) is 11.2 Å². The van der Waals surface area contributed by atoms with E-state index in [1.807, 2.05) is 12.1 Å². The molecule has 140 valence electrons. The van der Waals surface area contributed by atoms with Gasteiger partial charge in [0.05, 0.1) is 11.9 Å².